The summed E-state index contributed by atoms with van der Waals surface area (Å²) >= 11 is 0. The minimum atomic E-state index is -0.414. The van der Waals surface area contributed by atoms with Crippen LogP contribution in [0, 0.1) is 0 Å². The number of nitrogens with two attached hydrogens (primary N) is 1. The fourth-order valence-electron chi connectivity index (χ4n) is 1.18. The Bertz CT molecular complexity index is 365. The zero-order valence-corrected chi connectivity index (χ0v) is 9.10. The molecule has 0 spiro atoms. The van der Waals surface area contributed by atoms with Gasteiger partial charge in [-0.1, -0.05) is 0 Å². The van der Waals surface area contributed by atoms with E-state index in [-0.39, 0.29) is 13.2 Å². The van der Waals surface area contributed by atoms with E-state index in [0.717, 1.165) is 0 Å². The molecule has 1 rings (SSSR count). The topological polar surface area (TPSA) is 81.8 Å². The van der Waals surface area contributed by atoms with Crippen LogP contribution in [0.3, 0.4) is 0 Å². The fourth-order valence-corrected chi connectivity index (χ4v) is 1.18. The normalized spacial score (nSPS) is 9.88. The van der Waals surface area contributed by atoms with Gasteiger partial charge in [-0.25, -0.2) is 4.79 Å². The SMILES string of the molecule is CCOC(=O)c1ccc(OCCO)c(N)c1. The molecule has 0 heterocycles. The lowest BCUT2D eigenvalue weighted by molar-refractivity contribution is 0.0526. The highest BCUT2D eigenvalue weighted by Gasteiger charge is 2.09. The number of carbonyl (C=O) groups is 1. The van der Waals surface area contributed by atoms with Crippen LogP contribution < -0.4 is 10.5 Å². The van der Waals surface area contributed by atoms with E-state index in [1.54, 1.807) is 19.1 Å². The Hall–Kier alpha value is -1.75. The molecule has 0 atom stereocenters. The van der Waals surface area contributed by atoms with Crippen LogP contribution in [0.4, 0.5) is 5.69 Å². The van der Waals surface area contributed by atoms with Gasteiger partial charge in [0.05, 0.1) is 24.5 Å². The molecule has 0 saturated heterocycles. The summed E-state index contributed by atoms with van der Waals surface area (Å²) in [5.41, 5.74) is 6.41. The van der Waals surface area contributed by atoms with Crippen molar-refractivity contribution in [3.05, 3.63) is 23.8 Å². The molecule has 5 heteroatoms. The van der Waals surface area contributed by atoms with Crippen molar-refractivity contribution in [2.45, 2.75) is 6.92 Å². The first-order chi connectivity index (χ1) is 7.69. The van der Waals surface area contributed by atoms with Crippen LogP contribution in [0.2, 0.25) is 0 Å². The smallest absolute Gasteiger partial charge is 0.338 e. The molecule has 3 N–H and O–H groups in total. The van der Waals surface area contributed by atoms with Crippen molar-refractivity contribution < 1.29 is 19.4 Å². The Morgan fingerprint density at radius 2 is 2.25 bits per heavy atom. The lowest BCUT2D eigenvalue weighted by Crippen LogP contribution is -2.07. The lowest BCUT2D eigenvalue weighted by Gasteiger charge is -2.08. The molecule has 0 amide bonds. The maximum absolute atomic E-state index is 11.4. The van der Waals surface area contributed by atoms with Gasteiger partial charge in [-0.3, -0.25) is 0 Å². The number of ether oxygens (including phenoxy) is 2. The largest absolute Gasteiger partial charge is 0.489 e. The molecule has 0 fully saturated rings. The molecule has 0 radical (unpaired) electrons. The van der Waals surface area contributed by atoms with Crippen LogP contribution in [-0.2, 0) is 4.74 Å². The van der Waals surface area contributed by atoms with Crippen molar-refractivity contribution in [2.24, 2.45) is 0 Å². The van der Waals surface area contributed by atoms with Gasteiger partial charge in [0.25, 0.3) is 0 Å². The number of hydrogen-bond acceptors (Lipinski definition) is 5. The molecule has 88 valence electrons. The number of aliphatic hydroxyl groups is 1. The second kappa shape index (κ2) is 5.97. The maximum atomic E-state index is 11.4. The van der Waals surface area contributed by atoms with E-state index in [2.05, 4.69) is 0 Å². The number of nitrogen functional groups attached to an aromatic ring is 1. The van der Waals surface area contributed by atoms with Gasteiger partial charge in [0.2, 0.25) is 0 Å². The highest BCUT2D eigenvalue weighted by Crippen LogP contribution is 2.22. The summed E-state index contributed by atoms with van der Waals surface area (Å²) in [5.74, 6) is 0.0324. The van der Waals surface area contributed by atoms with Crippen molar-refractivity contribution in [1.29, 1.82) is 0 Å². The molecule has 0 aliphatic rings. The second-order valence-electron chi connectivity index (χ2n) is 3.05. The first-order valence-electron chi connectivity index (χ1n) is 4.99. The van der Waals surface area contributed by atoms with E-state index in [0.29, 0.717) is 23.6 Å². The average Bonchev–Trinajstić information content (AvgIpc) is 2.27. The van der Waals surface area contributed by atoms with Crippen molar-refractivity contribution in [1.82, 2.24) is 0 Å². The summed E-state index contributed by atoms with van der Waals surface area (Å²) in [5, 5.41) is 8.59. The Morgan fingerprint density at radius 3 is 2.81 bits per heavy atom. The van der Waals surface area contributed by atoms with Crippen LogP contribution in [-0.4, -0.2) is 30.9 Å². The number of carbonyl (C=O) groups excluding carboxylic acids is 1. The van der Waals surface area contributed by atoms with Crippen LogP contribution in [0.25, 0.3) is 0 Å². The molecule has 16 heavy (non-hydrogen) atoms. The summed E-state index contributed by atoms with van der Waals surface area (Å²) in [6, 6.07) is 4.64. The Kier molecular flexibility index (Phi) is 4.60. The van der Waals surface area contributed by atoms with Crippen LogP contribution in [0.15, 0.2) is 18.2 Å². The zero-order valence-electron chi connectivity index (χ0n) is 9.10. The minimum absolute atomic E-state index is 0.0843. The first kappa shape index (κ1) is 12.3. The van der Waals surface area contributed by atoms with Gasteiger partial charge in [0.15, 0.2) is 0 Å². The number of rotatable bonds is 5. The summed E-state index contributed by atoms with van der Waals surface area (Å²) in [6.45, 7) is 2.14. The van der Waals surface area contributed by atoms with Gasteiger partial charge in [0, 0.05) is 0 Å². The highest BCUT2D eigenvalue weighted by molar-refractivity contribution is 5.91. The molecule has 0 saturated carbocycles. The van der Waals surface area contributed by atoms with Gasteiger partial charge in [-0.15, -0.1) is 0 Å². The third-order valence-electron chi connectivity index (χ3n) is 1.87. The maximum Gasteiger partial charge on any atom is 0.338 e. The number of benzene rings is 1. The average molecular weight is 225 g/mol. The van der Waals surface area contributed by atoms with Crippen molar-refractivity contribution >= 4 is 11.7 Å². The fraction of sp³-hybridized carbons (Fsp3) is 0.364. The summed E-state index contributed by atoms with van der Waals surface area (Å²) in [6.07, 6.45) is 0. The Morgan fingerprint density at radius 1 is 1.50 bits per heavy atom. The van der Waals surface area contributed by atoms with Gasteiger partial charge in [-0.2, -0.15) is 0 Å². The molecule has 1 aromatic carbocycles. The molecule has 0 aliphatic heterocycles. The number of aliphatic hydroxyl groups excluding tert-OH is 1. The van der Waals surface area contributed by atoms with Gasteiger partial charge >= 0.3 is 5.97 Å². The zero-order chi connectivity index (χ0) is 12.0. The highest BCUT2D eigenvalue weighted by atomic mass is 16.5. The van der Waals surface area contributed by atoms with E-state index < -0.39 is 5.97 Å². The van der Waals surface area contributed by atoms with Crippen molar-refractivity contribution in [3.8, 4) is 5.75 Å². The summed E-state index contributed by atoms with van der Waals surface area (Å²) in [4.78, 5) is 11.4. The molecular weight excluding hydrogens is 210 g/mol. The predicted octanol–water partition coefficient (Wildman–Crippen LogP) is 0.817. The predicted molar refractivity (Wildman–Crippen MR) is 59.4 cm³/mol. The lowest BCUT2D eigenvalue weighted by atomic mass is 10.2. The Labute approximate surface area is 93.8 Å². The molecular formula is C11H15NO4. The number of hydrogen-bond donors (Lipinski definition) is 2. The minimum Gasteiger partial charge on any atom is -0.489 e. The quantitative estimate of drug-likeness (QED) is 0.572. The Balaban J connectivity index is 2.78. The number of anilines is 1. The standard InChI is InChI=1S/C11H15NO4/c1-2-15-11(14)8-3-4-10(9(12)7-8)16-6-5-13/h3-4,7,13H,2,5-6,12H2,1H3. The molecule has 0 bridgehead atoms. The monoisotopic (exact) mass is 225 g/mol. The van der Waals surface area contributed by atoms with Crippen LogP contribution in [0.5, 0.6) is 5.75 Å². The molecule has 0 unspecified atom stereocenters. The van der Waals surface area contributed by atoms with E-state index in [1.165, 1.54) is 6.07 Å². The van der Waals surface area contributed by atoms with Crippen molar-refractivity contribution in [3.63, 3.8) is 0 Å². The van der Waals surface area contributed by atoms with Gasteiger partial charge < -0.3 is 20.3 Å². The second-order valence-corrected chi connectivity index (χ2v) is 3.05. The van der Waals surface area contributed by atoms with Crippen molar-refractivity contribution in [2.75, 3.05) is 25.6 Å². The van der Waals surface area contributed by atoms with Gasteiger partial charge in [-0.05, 0) is 25.1 Å². The molecule has 0 aromatic heterocycles. The first-order valence-corrected chi connectivity index (χ1v) is 4.99. The van der Waals surface area contributed by atoms with E-state index in [4.69, 9.17) is 20.3 Å². The van der Waals surface area contributed by atoms with Crippen LogP contribution >= 0.6 is 0 Å². The van der Waals surface area contributed by atoms with E-state index in [1.807, 2.05) is 0 Å². The summed E-state index contributed by atoms with van der Waals surface area (Å²) in [7, 11) is 0. The van der Waals surface area contributed by atoms with E-state index >= 15 is 0 Å². The third kappa shape index (κ3) is 3.13. The van der Waals surface area contributed by atoms with Crippen LogP contribution in [0.1, 0.15) is 17.3 Å². The summed E-state index contributed by atoms with van der Waals surface area (Å²) < 4.78 is 9.98. The van der Waals surface area contributed by atoms with E-state index in [9.17, 15) is 4.79 Å². The van der Waals surface area contributed by atoms with Gasteiger partial charge in [0.1, 0.15) is 12.4 Å². The molecule has 0 aliphatic carbocycles. The molecule has 1 aromatic rings. The third-order valence-corrected chi connectivity index (χ3v) is 1.87. The number of esters is 1. The molecule has 5 nitrogen and oxygen atoms in total.